The zero-order chi connectivity index (χ0) is 34.1. The molecule has 246 valence electrons. The molecule has 0 spiro atoms. The zero-order valence-electron chi connectivity index (χ0n) is 24.5. The summed E-state index contributed by atoms with van der Waals surface area (Å²) in [6.07, 6.45) is 8.59. The molecule has 1 fully saturated rings. The fourth-order valence-electron chi connectivity index (χ4n) is 5.34. The number of phenols is 2. The van der Waals surface area contributed by atoms with Crippen LogP contribution in [0, 0.1) is 0 Å². The number of thiazole rings is 1. The first-order valence-electron chi connectivity index (χ1n) is 14.1. The summed E-state index contributed by atoms with van der Waals surface area (Å²) in [5, 5.41) is 46.7. The largest absolute Gasteiger partial charge is 0.504 e. The number of aromatic nitrogens is 3. The Kier molecular flexibility index (Phi) is 8.74. The summed E-state index contributed by atoms with van der Waals surface area (Å²) in [6, 6.07) is 6.98. The highest BCUT2D eigenvalue weighted by molar-refractivity contribution is 8.00. The average Bonchev–Trinajstić information content (AvgIpc) is 3.68. The number of carboxylic acid groups (broad SMARTS) is 2. The van der Waals surface area contributed by atoms with E-state index in [1.54, 1.807) is 6.08 Å². The van der Waals surface area contributed by atoms with Crippen molar-refractivity contribution in [3.05, 3.63) is 94.5 Å². The van der Waals surface area contributed by atoms with Crippen LogP contribution in [-0.2, 0) is 25.8 Å². The van der Waals surface area contributed by atoms with Crippen LogP contribution in [0.1, 0.15) is 27.7 Å². The van der Waals surface area contributed by atoms with Crippen molar-refractivity contribution in [2.45, 2.75) is 24.1 Å². The number of pyridine rings is 1. The maximum absolute atomic E-state index is 13.1. The van der Waals surface area contributed by atoms with Crippen molar-refractivity contribution in [3.8, 4) is 11.5 Å². The third kappa shape index (κ3) is 6.00. The molecular formula is C30H26N7O9S2+. The predicted octanol–water partition coefficient (Wildman–Crippen LogP) is 1.46. The molecule has 16 nitrogen and oxygen atoms in total. The van der Waals surface area contributed by atoms with Crippen LogP contribution in [0.15, 0.2) is 82.9 Å². The quantitative estimate of drug-likeness (QED) is 0.0431. The van der Waals surface area contributed by atoms with Gasteiger partial charge in [0.15, 0.2) is 22.7 Å². The smallest absolute Gasteiger partial charge is 0.352 e. The Bertz CT molecular complexity index is 2050. The molecular weight excluding hydrogens is 667 g/mol. The minimum absolute atomic E-state index is 0.115. The fourth-order valence-corrected chi connectivity index (χ4v) is 7.23. The van der Waals surface area contributed by atoms with Gasteiger partial charge in [-0.2, -0.15) is 0 Å². The minimum Gasteiger partial charge on any atom is -0.504 e. The molecule has 2 amide bonds. The molecule has 48 heavy (non-hydrogen) atoms. The molecule has 0 saturated carbocycles. The third-order valence-electron chi connectivity index (χ3n) is 7.52. The number of nitrogen functional groups attached to an aromatic ring is 1. The number of nitrogens with zero attached hydrogens (tertiary/aromatic N) is 5. The number of phenolic OH excluding ortho intramolecular Hbond substituents is 1. The van der Waals surface area contributed by atoms with Crippen LogP contribution in [0.25, 0.3) is 5.65 Å². The van der Waals surface area contributed by atoms with Crippen molar-refractivity contribution in [2.24, 2.45) is 5.16 Å². The summed E-state index contributed by atoms with van der Waals surface area (Å²) >= 11 is 2.32. The monoisotopic (exact) mass is 692 g/mol. The summed E-state index contributed by atoms with van der Waals surface area (Å²) in [5.74, 6) is -5.61. The number of aromatic carboxylic acids is 1. The van der Waals surface area contributed by atoms with E-state index in [2.05, 4.69) is 15.5 Å². The molecule has 3 unspecified atom stereocenters. The van der Waals surface area contributed by atoms with E-state index >= 15 is 0 Å². The van der Waals surface area contributed by atoms with E-state index in [0.717, 1.165) is 34.2 Å². The lowest BCUT2D eigenvalue weighted by Gasteiger charge is -2.49. The van der Waals surface area contributed by atoms with Gasteiger partial charge in [-0.1, -0.05) is 17.3 Å². The number of thioether (sulfide) groups is 1. The van der Waals surface area contributed by atoms with Crippen LogP contribution in [0.2, 0.25) is 0 Å². The molecule has 6 rings (SSSR count). The molecule has 3 aromatic heterocycles. The topological polar surface area (TPSA) is 234 Å². The van der Waals surface area contributed by atoms with Gasteiger partial charge in [0.2, 0.25) is 0 Å². The molecule has 3 atom stereocenters. The van der Waals surface area contributed by atoms with Crippen LogP contribution < -0.4 is 15.5 Å². The van der Waals surface area contributed by atoms with Crippen molar-refractivity contribution in [1.29, 1.82) is 0 Å². The molecule has 2 aliphatic heterocycles. The number of β-lactam (4-membered cyclic amide) rings is 1. The number of fused-ring (bicyclic) bond motifs is 2. The number of carbonyl (C=O) groups excluding carboxylic acids is 2. The Morgan fingerprint density at radius 3 is 2.73 bits per heavy atom. The number of carbonyl (C=O) groups is 4. The first-order chi connectivity index (χ1) is 23.0. The van der Waals surface area contributed by atoms with Crippen LogP contribution in [0.3, 0.4) is 0 Å². The third-order valence-corrected chi connectivity index (χ3v) is 9.51. The SMILES string of the molecule is Nc1nc(C(ON=CC(=O)NC2C(=O)N3C(C(=O)O)=C(/C=C/Cn4cc[n+]5ccccc45)CSC23)c2ccc(O)c(O)c2C(=O)O)cs1. The van der Waals surface area contributed by atoms with E-state index in [0.29, 0.717) is 12.1 Å². The molecule has 1 saturated heterocycles. The number of imidazole rings is 1. The van der Waals surface area contributed by atoms with Gasteiger partial charge in [-0.15, -0.1) is 23.1 Å². The van der Waals surface area contributed by atoms with Crippen molar-refractivity contribution in [1.82, 2.24) is 19.8 Å². The van der Waals surface area contributed by atoms with Gasteiger partial charge in [-0.25, -0.2) is 23.5 Å². The number of allylic oxidation sites excluding steroid dienone is 2. The number of carboxylic acids is 2. The normalized spacial score (nSPS) is 18.2. The Morgan fingerprint density at radius 2 is 2.00 bits per heavy atom. The lowest BCUT2D eigenvalue weighted by molar-refractivity contribution is -0.510. The van der Waals surface area contributed by atoms with Crippen LogP contribution in [-0.4, -0.2) is 82.0 Å². The standard InChI is InChI=1S/C30H25N7O9S2/c31-30-33-17(14-48-30)25(16-6-7-18(38)24(40)21(16)28(42)43)46-32-12-19(39)34-22-26(41)37-23(29(44)45)15(13-47-27(22)37)4-3-9-36-11-10-35-8-2-1-5-20(35)36/h1-8,10-12,14,22,25,27H,9,13H2,(H6-,31,32,33,34,38,39,40,42,43,44,45)/p+1/b4-3+. The maximum atomic E-state index is 13.1. The van der Waals surface area contributed by atoms with E-state index < -0.39 is 58.3 Å². The molecule has 5 heterocycles. The van der Waals surface area contributed by atoms with Gasteiger partial charge < -0.3 is 36.3 Å². The van der Waals surface area contributed by atoms with Gasteiger partial charge in [0.25, 0.3) is 17.5 Å². The predicted molar refractivity (Wildman–Crippen MR) is 171 cm³/mol. The fraction of sp³-hybridized carbons (Fsp3) is 0.167. The number of nitrogens with one attached hydrogen (secondary N) is 1. The van der Waals surface area contributed by atoms with E-state index in [1.807, 2.05) is 51.8 Å². The van der Waals surface area contributed by atoms with Gasteiger partial charge in [-0.3, -0.25) is 14.5 Å². The molecule has 0 radical (unpaired) electrons. The van der Waals surface area contributed by atoms with Gasteiger partial charge >= 0.3 is 11.9 Å². The second kappa shape index (κ2) is 13.1. The lowest BCUT2D eigenvalue weighted by Crippen LogP contribution is -2.70. The summed E-state index contributed by atoms with van der Waals surface area (Å²) in [7, 11) is 0. The summed E-state index contributed by atoms with van der Waals surface area (Å²) in [6.45, 7) is 0.473. The number of anilines is 1. The Morgan fingerprint density at radius 1 is 1.19 bits per heavy atom. The number of oxime groups is 1. The van der Waals surface area contributed by atoms with Crippen LogP contribution >= 0.6 is 23.1 Å². The Hall–Kier alpha value is -5.88. The van der Waals surface area contributed by atoms with Crippen molar-refractivity contribution in [2.75, 3.05) is 11.5 Å². The second-order valence-electron chi connectivity index (χ2n) is 10.4. The van der Waals surface area contributed by atoms with E-state index in [1.165, 1.54) is 23.2 Å². The summed E-state index contributed by atoms with van der Waals surface area (Å²) in [4.78, 5) is 60.7. The molecule has 4 aromatic rings. The highest BCUT2D eigenvalue weighted by Gasteiger charge is 2.54. The highest BCUT2D eigenvalue weighted by atomic mass is 32.2. The van der Waals surface area contributed by atoms with Crippen molar-refractivity contribution >= 4 is 63.8 Å². The van der Waals surface area contributed by atoms with E-state index in [4.69, 9.17) is 10.6 Å². The van der Waals surface area contributed by atoms with Crippen LogP contribution in [0.5, 0.6) is 11.5 Å². The number of amides is 2. The molecule has 7 N–H and O–H groups in total. The van der Waals surface area contributed by atoms with E-state index in [-0.39, 0.29) is 27.8 Å². The number of rotatable bonds is 11. The minimum atomic E-state index is -1.57. The van der Waals surface area contributed by atoms with Gasteiger partial charge in [0.05, 0.1) is 6.20 Å². The molecule has 1 aromatic carbocycles. The molecule has 2 aliphatic rings. The number of aliphatic carboxylic acids is 1. The number of hydrogen-bond donors (Lipinski definition) is 6. The van der Waals surface area contributed by atoms with Gasteiger partial charge in [0.1, 0.15) is 53.5 Å². The number of aromatic hydroxyl groups is 2. The number of hydrogen-bond acceptors (Lipinski definition) is 12. The second-order valence-corrected chi connectivity index (χ2v) is 12.4. The van der Waals surface area contributed by atoms with Gasteiger partial charge in [-0.05, 0) is 29.8 Å². The highest BCUT2D eigenvalue weighted by Crippen LogP contribution is 2.41. The average molecular weight is 693 g/mol. The summed E-state index contributed by atoms with van der Waals surface area (Å²) in [5.41, 5.74) is 6.28. The van der Waals surface area contributed by atoms with Crippen molar-refractivity contribution in [3.63, 3.8) is 0 Å². The van der Waals surface area contributed by atoms with Crippen LogP contribution in [0.4, 0.5) is 5.13 Å². The molecule has 18 heteroatoms. The maximum Gasteiger partial charge on any atom is 0.352 e. The van der Waals surface area contributed by atoms with Gasteiger partial charge in [0, 0.05) is 22.8 Å². The Labute approximate surface area is 278 Å². The lowest BCUT2D eigenvalue weighted by atomic mass is 9.99. The van der Waals surface area contributed by atoms with E-state index in [9.17, 15) is 39.6 Å². The Balaban J connectivity index is 1.14. The summed E-state index contributed by atoms with van der Waals surface area (Å²) < 4.78 is 3.93. The first-order valence-corrected chi connectivity index (χ1v) is 16.0. The molecule has 0 aliphatic carbocycles. The number of benzene rings is 1. The molecule has 0 bridgehead atoms. The zero-order valence-corrected chi connectivity index (χ0v) is 26.2. The van der Waals surface area contributed by atoms with Crippen molar-refractivity contribution < 1.29 is 48.8 Å². The number of nitrogens with two attached hydrogens (primary N) is 1. The first kappa shape index (κ1) is 32.1.